The van der Waals surface area contributed by atoms with Crippen LogP contribution in [0, 0.1) is 18.3 Å². The molecule has 0 fully saturated rings. The average Bonchev–Trinajstić information content (AvgIpc) is 3.34. The van der Waals surface area contributed by atoms with Crippen molar-refractivity contribution >= 4 is 10.9 Å². The summed E-state index contributed by atoms with van der Waals surface area (Å²) in [5, 5.41) is 18.9. The van der Waals surface area contributed by atoms with Gasteiger partial charge in [0.1, 0.15) is 12.2 Å². The molecule has 0 radical (unpaired) electrons. The van der Waals surface area contributed by atoms with Gasteiger partial charge in [-0.1, -0.05) is 66.2 Å². The predicted octanol–water partition coefficient (Wildman–Crippen LogP) is 5.30. The van der Waals surface area contributed by atoms with E-state index < -0.39 is 0 Å². The quantitative estimate of drug-likeness (QED) is 0.291. The highest BCUT2D eigenvalue weighted by Crippen LogP contribution is 2.16. The molecule has 0 spiro atoms. The van der Waals surface area contributed by atoms with Crippen molar-refractivity contribution in [3.8, 4) is 6.07 Å². The SMILES string of the molecule is Cc1ccc(CCN(Cc2ccc3ccccc3n2)Cc2nncn2Cc2ccc(C#N)cc2)cc1. The molecule has 0 saturated heterocycles. The molecular formula is C30H28N6. The molecule has 3 aromatic carbocycles. The van der Waals surface area contributed by atoms with Gasteiger partial charge in [-0.05, 0) is 48.7 Å². The summed E-state index contributed by atoms with van der Waals surface area (Å²) in [7, 11) is 0. The second kappa shape index (κ2) is 10.9. The van der Waals surface area contributed by atoms with E-state index in [0.29, 0.717) is 18.7 Å². The second-order valence-corrected chi connectivity index (χ2v) is 9.13. The molecule has 178 valence electrons. The third-order valence-electron chi connectivity index (χ3n) is 6.38. The average molecular weight is 473 g/mol. The molecule has 0 aliphatic heterocycles. The first-order valence-corrected chi connectivity index (χ1v) is 12.1. The summed E-state index contributed by atoms with van der Waals surface area (Å²) in [5.41, 5.74) is 6.40. The fourth-order valence-corrected chi connectivity index (χ4v) is 4.30. The minimum atomic E-state index is 0.660. The maximum Gasteiger partial charge on any atom is 0.147 e. The van der Waals surface area contributed by atoms with Crippen LogP contribution < -0.4 is 0 Å². The number of rotatable bonds is 9. The number of aryl methyl sites for hydroxylation is 1. The van der Waals surface area contributed by atoms with Crippen LogP contribution >= 0.6 is 0 Å². The van der Waals surface area contributed by atoms with Crippen molar-refractivity contribution in [2.24, 2.45) is 0 Å². The normalized spacial score (nSPS) is 11.1. The van der Waals surface area contributed by atoms with E-state index in [2.05, 4.69) is 81.2 Å². The Morgan fingerprint density at radius 2 is 1.64 bits per heavy atom. The number of nitriles is 1. The van der Waals surface area contributed by atoms with E-state index in [1.54, 1.807) is 6.33 Å². The molecule has 0 N–H and O–H groups in total. The van der Waals surface area contributed by atoms with Crippen molar-refractivity contribution < 1.29 is 0 Å². The number of benzene rings is 3. The third-order valence-corrected chi connectivity index (χ3v) is 6.38. The van der Waals surface area contributed by atoms with Crippen molar-refractivity contribution in [1.29, 1.82) is 5.26 Å². The van der Waals surface area contributed by atoms with E-state index in [9.17, 15) is 0 Å². The first-order valence-electron chi connectivity index (χ1n) is 12.1. The molecule has 5 aromatic rings. The zero-order valence-corrected chi connectivity index (χ0v) is 20.4. The van der Waals surface area contributed by atoms with Crippen LogP contribution in [-0.2, 0) is 26.1 Å². The van der Waals surface area contributed by atoms with Gasteiger partial charge in [-0.2, -0.15) is 5.26 Å². The Labute approximate surface area is 211 Å². The smallest absolute Gasteiger partial charge is 0.147 e. The molecule has 2 heterocycles. The molecule has 2 aromatic heterocycles. The Morgan fingerprint density at radius 3 is 2.44 bits per heavy atom. The molecule has 0 bridgehead atoms. The molecule has 0 aliphatic carbocycles. The Hall–Kier alpha value is -4.34. The van der Waals surface area contributed by atoms with Crippen molar-refractivity contribution in [2.75, 3.05) is 6.54 Å². The van der Waals surface area contributed by atoms with Gasteiger partial charge in [0.15, 0.2) is 0 Å². The Morgan fingerprint density at radius 1 is 0.861 bits per heavy atom. The molecule has 36 heavy (non-hydrogen) atoms. The molecule has 0 amide bonds. The molecule has 6 nitrogen and oxygen atoms in total. The van der Waals surface area contributed by atoms with E-state index in [4.69, 9.17) is 10.2 Å². The number of hydrogen-bond donors (Lipinski definition) is 0. The number of pyridine rings is 1. The number of para-hydroxylation sites is 1. The van der Waals surface area contributed by atoms with E-state index in [0.717, 1.165) is 47.5 Å². The highest BCUT2D eigenvalue weighted by atomic mass is 15.3. The van der Waals surface area contributed by atoms with Crippen LogP contribution in [-0.4, -0.2) is 31.2 Å². The van der Waals surface area contributed by atoms with Crippen LogP contribution in [0.25, 0.3) is 10.9 Å². The Bertz CT molecular complexity index is 1480. The maximum absolute atomic E-state index is 9.07. The van der Waals surface area contributed by atoms with Crippen LogP contribution in [0.4, 0.5) is 0 Å². The predicted molar refractivity (Wildman–Crippen MR) is 141 cm³/mol. The number of fused-ring (bicyclic) bond motifs is 1. The van der Waals surface area contributed by atoms with Gasteiger partial charge < -0.3 is 4.57 Å². The van der Waals surface area contributed by atoms with Crippen molar-refractivity contribution in [3.63, 3.8) is 0 Å². The zero-order valence-electron chi connectivity index (χ0n) is 20.4. The van der Waals surface area contributed by atoms with Gasteiger partial charge >= 0.3 is 0 Å². The lowest BCUT2D eigenvalue weighted by atomic mass is 10.1. The Kier molecular flexibility index (Phi) is 7.11. The van der Waals surface area contributed by atoms with Crippen molar-refractivity contribution in [1.82, 2.24) is 24.6 Å². The number of nitrogens with zero attached hydrogens (tertiary/aromatic N) is 6. The second-order valence-electron chi connectivity index (χ2n) is 9.13. The highest BCUT2D eigenvalue weighted by molar-refractivity contribution is 5.78. The monoisotopic (exact) mass is 472 g/mol. The van der Waals surface area contributed by atoms with E-state index in [-0.39, 0.29) is 0 Å². The summed E-state index contributed by atoms with van der Waals surface area (Å²) >= 11 is 0. The molecule has 6 heteroatoms. The van der Waals surface area contributed by atoms with E-state index in [1.807, 2.05) is 36.4 Å². The van der Waals surface area contributed by atoms with Gasteiger partial charge in [-0.15, -0.1) is 10.2 Å². The molecular weight excluding hydrogens is 444 g/mol. The fraction of sp³-hybridized carbons (Fsp3) is 0.200. The summed E-state index contributed by atoms with van der Waals surface area (Å²) in [6.07, 6.45) is 2.72. The molecule has 0 saturated carbocycles. The van der Waals surface area contributed by atoms with E-state index >= 15 is 0 Å². The molecule has 0 atom stereocenters. The van der Waals surface area contributed by atoms with Crippen LogP contribution in [0.1, 0.15) is 33.8 Å². The third kappa shape index (κ3) is 5.83. The minimum Gasteiger partial charge on any atom is -0.312 e. The van der Waals surface area contributed by atoms with E-state index in [1.165, 1.54) is 11.1 Å². The van der Waals surface area contributed by atoms with Crippen LogP contribution in [0.5, 0.6) is 0 Å². The first kappa shape index (κ1) is 23.4. The lowest BCUT2D eigenvalue weighted by Gasteiger charge is -2.22. The highest BCUT2D eigenvalue weighted by Gasteiger charge is 2.14. The molecule has 0 unspecified atom stereocenters. The van der Waals surface area contributed by atoms with Crippen molar-refractivity contribution in [2.45, 2.75) is 33.0 Å². The Balaban J connectivity index is 1.35. The first-order chi connectivity index (χ1) is 17.7. The van der Waals surface area contributed by atoms with Crippen LogP contribution in [0.3, 0.4) is 0 Å². The lowest BCUT2D eigenvalue weighted by Crippen LogP contribution is -2.27. The summed E-state index contributed by atoms with van der Waals surface area (Å²) in [6, 6.07) is 31.0. The molecule has 5 rings (SSSR count). The molecule has 0 aliphatic rings. The van der Waals surface area contributed by atoms with Crippen molar-refractivity contribution in [3.05, 3.63) is 125 Å². The van der Waals surface area contributed by atoms with Gasteiger partial charge in [0.25, 0.3) is 0 Å². The summed E-state index contributed by atoms with van der Waals surface area (Å²) in [4.78, 5) is 7.29. The van der Waals surface area contributed by atoms with Crippen LogP contribution in [0.15, 0.2) is 91.3 Å². The fourth-order valence-electron chi connectivity index (χ4n) is 4.30. The number of aromatic nitrogens is 4. The van der Waals surface area contributed by atoms with Gasteiger partial charge in [0, 0.05) is 18.5 Å². The van der Waals surface area contributed by atoms with Gasteiger partial charge in [-0.25, -0.2) is 0 Å². The summed E-state index contributed by atoms with van der Waals surface area (Å²) in [6.45, 7) is 5.04. The maximum atomic E-state index is 9.07. The zero-order chi connectivity index (χ0) is 24.7. The van der Waals surface area contributed by atoms with Gasteiger partial charge in [0.05, 0.1) is 35.9 Å². The topological polar surface area (TPSA) is 70.6 Å². The van der Waals surface area contributed by atoms with Gasteiger partial charge in [-0.3, -0.25) is 9.88 Å². The lowest BCUT2D eigenvalue weighted by molar-refractivity contribution is 0.247. The minimum absolute atomic E-state index is 0.660. The summed E-state index contributed by atoms with van der Waals surface area (Å²) < 4.78 is 2.08. The standard InChI is InChI=1S/C30H28N6/c1-23-6-8-24(9-7-23)16-17-35(20-28-15-14-27-4-2-3-5-29(27)33-28)21-30-34-32-22-36(30)19-26-12-10-25(18-31)11-13-26/h2-15,22H,16-17,19-21H2,1H3. The number of hydrogen-bond acceptors (Lipinski definition) is 5. The van der Waals surface area contributed by atoms with Gasteiger partial charge in [0.2, 0.25) is 0 Å². The largest absolute Gasteiger partial charge is 0.312 e. The summed E-state index contributed by atoms with van der Waals surface area (Å²) in [5.74, 6) is 0.907. The van der Waals surface area contributed by atoms with Crippen LogP contribution in [0.2, 0.25) is 0 Å².